The van der Waals surface area contributed by atoms with Crippen LogP contribution in [0.5, 0.6) is 5.75 Å². The smallest absolute Gasteiger partial charge is 0.251 e. The highest BCUT2D eigenvalue weighted by Crippen LogP contribution is 2.13. The van der Waals surface area contributed by atoms with Gasteiger partial charge in [-0.05, 0) is 36.4 Å². The zero-order chi connectivity index (χ0) is 14.2. The maximum Gasteiger partial charge on any atom is 0.251 e. The topological polar surface area (TPSA) is 71.5 Å². The number of carbonyl (C=O) groups is 1. The van der Waals surface area contributed by atoms with E-state index in [1.54, 1.807) is 30.5 Å². The lowest BCUT2D eigenvalue weighted by molar-refractivity contribution is 0.0944. The van der Waals surface area contributed by atoms with Gasteiger partial charge in [0.05, 0.1) is 12.3 Å². The molecule has 0 aliphatic rings. The second-order valence-electron chi connectivity index (χ2n) is 4.11. The lowest BCUT2D eigenvalue weighted by atomic mass is 10.2. The third-order valence-corrected chi connectivity index (χ3v) is 2.63. The number of aliphatic hydroxyl groups excluding tert-OH is 1. The number of benzene rings is 1. The van der Waals surface area contributed by atoms with Gasteiger partial charge in [0, 0.05) is 18.3 Å². The third-order valence-electron chi connectivity index (χ3n) is 2.63. The molecule has 0 bridgehead atoms. The molecule has 1 heterocycles. The molecule has 5 nitrogen and oxygen atoms in total. The van der Waals surface area contributed by atoms with Gasteiger partial charge in [0.2, 0.25) is 0 Å². The van der Waals surface area contributed by atoms with E-state index in [0.29, 0.717) is 17.9 Å². The van der Waals surface area contributed by atoms with Crippen LogP contribution in [-0.4, -0.2) is 29.1 Å². The van der Waals surface area contributed by atoms with Crippen LogP contribution in [0.4, 0.5) is 0 Å². The van der Waals surface area contributed by atoms with Crippen LogP contribution in [0, 0.1) is 0 Å². The van der Waals surface area contributed by atoms with Crippen LogP contribution in [0.15, 0.2) is 48.7 Å². The molecular formula is C15H16N2O3. The molecule has 0 fully saturated rings. The Morgan fingerprint density at radius 2 is 2.00 bits per heavy atom. The van der Waals surface area contributed by atoms with Gasteiger partial charge in [-0.1, -0.05) is 6.07 Å². The van der Waals surface area contributed by atoms with E-state index in [1.165, 1.54) is 0 Å². The number of aromatic nitrogens is 1. The second kappa shape index (κ2) is 7.25. The van der Waals surface area contributed by atoms with Crippen molar-refractivity contribution in [2.75, 3.05) is 13.2 Å². The predicted molar refractivity (Wildman–Crippen MR) is 74.4 cm³/mol. The summed E-state index contributed by atoms with van der Waals surface area (Å²) in [4.78, 5) is 15.8. The Kier molecular flexibility index (Phi) is 5.08. The normalized spacial score (nSPS) is 10.1. The van der Waals surface area contributed by atoms with Crippen molar-refractivity contribution in [1.29, 1.82) is 0 Å². The first-order valence-electron chi connectivity index (χ1n) is 6.31. The van der Waals surface area contributed by atoms with Crippen molar-refractivity contribution >= 4 is 5.91 Å². The van der Waals surface area contributed by atoms with E-state index in [9.17, 15) is 4.79 Å². The fourth-order valence-electron chi connectivity index (χ4n) is 1.61. The summed E-state index contributed by atoms with van der Waals surface area (Å²) in [6, 6.07) is 12.5. The molecule has 0 saturated heterocycles. The Bertz CT molecular complexity index is 541. The molecule has 20 heavy (non-hydrogen) atoms. The van der Waals surface area contributed by atoms with E-state index < -0.39 is 0 Å². The highest BCUT2D eigenvalue weighted by atomic mass is 16.5. The van der Waals surface area contributed by atoms with Gasteiger partial charge in [-0.25, -0.2) is 0 Å². The van der Waals surface area contributed by atoms with Crippen LogP contribution in [0.1, 0.15) is 16.1 Å². The summed E-state index contributed by atoms with van der Waals surface area (Å²) in [5, 5.41) is 11.2. The average molecular weight is 272 g/mol. The van der Waals surface area contributed by atoms with Crippen LogP contribution in [0.25, 0.3) is 0 Å². The lowest BCUT2D eigenvalue weighted by Gasteiger charge is -2.07. The minimum atomic E-state index is -0.213. The van der Waals surface area contributed by atoms with Crippen molar-refractivity contribution in [3.8, 4) is 5.75 Å². The minimum absolute atomic E-state index is 0.0724. The Morgan fingerprint density at radius 1 is 1.20 bits per heavy atom. The SMILES string of the molecule is O=C(NCCO)c1ccc(OCc2ccccn2)cc1. The maximum absolute atomic E-state index is 11.6. The highest BCUT2D eigenvalue weighted by Gasteiger charge is 2.04. The van der Waals surface area contributed by atoms with Gasteiger partial charge in [-0.15, -0.1) is 0 Å². The second-order valence-corrected chi connectivity index (χ2v) is 4.11. The number of hydrogen-bond acceptors (Lipinski definition) is 4. The van der Waals surface area contributed by atoms with E-state index >= 15 is 0 Å². The van der Waals surface area contributed by atoms with Gasteiger partial charge >= 0.3 is 0 Å². The monoisotopic (exact) mass is 272 g/mol. The van der Waals surface area contributed by atoms with Crippen molar-refractivity contribution in [1.82, 2.24) is 10.3 Å². The molecule has 0 radical (unpaired) electrons. The number of carbonyl (C=O) groups excluding carboxylic acids is 1. The van der Waals surface area contributed by atoms with E-state index in [0.717, 1.165) is 5.69 Å². The van der Waals surface area contributed by atoms with Crippen molar-refractivity contribution in [3.05, 3.63) is 59.9 Å². The molecule has 1 aromatic heterocycles. The minimum Gasteiger partial charge on any atom is -0.487 e. The van der Waals surface area contributed by atoms with Crippen LogP contribution in [-0.2, 0) is 6.61 Å². The first kappa shape index (κ1) is 14.0. The van der Waals surface area contributed by atoms with Gasteiger partial charge in [-0.2, -0.15) is 0 Å². The highest BCUT2D eigenvalue weighted by molar-refractivity contribution is 5.94. The standard InChI is InChI=1S/C15H16N2O3/c18-10-9-17-15(19)12-4-6-14(7-5-12)20-11-13-3-1-2-8-16-13/h1-8,18H,9-11H2,(H,17,19). The van der Waals surface area contributed by atoms with Crippen LogP contribution in [0.2, 0.25) is 0 Å². The summed E-state index contributed by atoms with van der Waals surface area (Å²) in [6.07, 6.45) is 1.72. The summed E-state index contributed by atoms with van der Waals surface area (Å²) in [6.45, 7) is 0.560. The molecule has 0 spiro atoms. The fourth-order valence-corrected chi connectivity index (χ4v) is 1.61. The van der Waals surface area contributed by atoms with Crippen molar-refractivity contribution in [3.63, 3.8) is 0 Å². The van der Waals surface area contributed by atoms with E-state index in [1.807, 2.05) is 18.2 Å². The molecule has 1 amide bonds. The molecule has 1 aromatic carbocycles. The summed E-state index contributed by atoms with van der Waals surface area (Å²) < 4.78 is 5.57. The Labute approximate surface area is 117 Å². The van der Waals surface area contributed by atoms with Crippen LogP contribution in [0.3, 0.4) is 0 Å². The molecule has 0 atom stereocenters. The Morgan fingerprint density at radius 3 is 2.65 bits per heavy atom. The quantitative estimate of drug-likeness (QED) is 0.833. The van der Waals surface area contributed by atoms with Crippen molar-refractivity contribution in [2.24, 2.45) is 0 Å². The summed E-state index contributed by atoms with van der Waals surface area (Å²) in [5.74, 6) is 0.463. The van der Waals surface area contributed by atoms with Gasteiger partial charge in [0.15, 0.2) is 0 Å². The number of nitrogens with one attached hydrogen (secondary N) is 1. The molecule has 2 N–H and O–H groups in total. The van der Waals surface area contributed by atoms with Gasteiger partial charge in [0.25, 0.3) is 5.91 Å². The van der Waals surface area contributed by atoms with Crippen LogP contribution < -0.4 is 10.1 Å². The van der Waals surface area contributed by atoms with Gasteiger partial charge in [-0.3, -0.25) is 9.78 Å². The van der Waals surface area contributed by atoms with Gasteiger partial charge < -0.3 is 15.2 Å². The number of nitrogens with zero attached hydrogens (tertiary/aromatic N) is 1. The summed E-state index contributed by atoms with van der Waals surface area (Å²) >= 11 is 0. The molecule has 2 rings (SSSR count). The number of rotatable bonds is 6. The lowest BCUT2D eigenvalue weighted by Crippen LogP contribution is -2.26. The molecule has 0 saturated carbocycles. The third kappa shape index (κ3) is 4.07. The van der Waals surface area contributed by atoms with Crippen LogP contribution >= 0.6 is 0 Å². The zero-order valence-corrected chi connectivity index (χ0v) is 11.0. The molecular weight excluding hydrogens is 256 g/mol. The van der Waals surface area contributed by atoms with Crippen molar-refractivity contribution in [2.45, 2.75) is 6.61 Å². The van der Waals surface area contributed by atoms with E-state index in [-0.39, 0.29) is 19.1 Å². The summed E-state index contributed by atoms with van der Waals surface area (Å²) in [5.41, 5.74) is 1.38. The Hall–Kier alpha value is -2.40. The fraction of sp³-hybridized carbons (Fsp3) is 0.200. The summed E-state index contributed by atoms with van der Waals surface area (Å²) in [7, 11) is 0. The van der Waals surface area contributed by atoms with E-state index in [2.05, 4.69) is 10.3 Å². The molecule has 0 aliphatic carbocycles. The predicted octanol–water partition coefficient (Wildman–Crippen LogP) is 1.38. The molecule has 0 aliphatic heterocycles. The molecule has 2 aromatic rings. The zero-order valence-electron chi connectivity index (χ0n) is 11.0. The number of hydrogen-bond donors (Lipinski definition) is 2. The average Bonchev–Trinajstić information content (AvgIpc) is 2.52. The molecule has 5 heteroatoms. The maximum atomic E-state index is 11.6. The first-order valence-corrected chi connectivity index (χ1v) is 6.31. The first-order chi connectivity index (χ1) is 9.79. The molecule has 0 unspecified atom stereocenters. The van der Waals surface area contributed by atoms with E-state index in [4.69, 9.17) is 9.84 Å². The number of ether oxygens (including phenoxy) is 1. The van der Waals surface area contributed by atoms with Crippen molar-refractivity contribution < 1.29 is 14.6 Å². The number of amides is 1. The molecule has 104 valence electrons. The largest absolute Gasteiger partial charge is 0.487 e. The number of pyridine rings is 1. The number of aliphatic hydroxyl groups is 1. The van der Waals surface area contributed by atoms with Gasteiger partial charge in [0.1, 0.15) is 12.4 Å². The Balaban J connectivity index is 1.90.